The van der Waals surface area contributed by atoms with Crippen LogP contribution in [0.2, 0.25) is 0 Å². The maximum absolute atomic E-state index is 10.5. The second-order valence-electron chi connectivity index (χ2n) is 4.43. The molecule has 17 heavy (non-hydrogen) atoms. The zero-order valence-corrected chi connectivity index (χ0v) is 10.5. The first kappa shape index (κ1) is 14.2. The molecule has 4 heteroatoms. The van der Waals surface area contributed by atoms with Crippen LogP contribution >= 0.6 is 0 Å². The Labute approximate surface area is 103 Å². The first-order valence-electron chi connectivity index (χ1n) is 6.29. The Morgan fingerprint density at radius 1 is 1.41 bits per heavy atom. The van der Waals surface area contributed by atoms with Crippen LogP contribution in [-0.4, -0.2) is 37.0 Å². The van der Waals surface area contributed by atoms with Crippen LogP contribution in [0, 0.1) is 0 Å². The Bertz CT molecular complexity index is 256. The quantitative estimate of drug-likeness (QED) is 0.363. The molecule has 1 unspecified atom stereocenters. The Morgan fingerprint density at radius 2 is 2.12 bits per heavy atom. The summed E-state index contributed by atoms with van der Waals surface area (Å²) in [6.07, 6.45) is 7.42. The Kier molecular flexibility index (Phi) is 6.89. The van der Waals surface area contributed by atoms with Crippen LogP contribution in [0.5, 0.6) is 0 Å². The average molecular weight is 242 g/mol. The fraction of sp³-hybridized carbons (Fsp3) is 0.769. The molecule has 0 bridgehead atoms. The van der Waals surface area contributed by atoms with Crippen LogP contribution in [0.3, 0.4) is 0 Å². The van der Waals surface area contributed by atoms with Crippen molar-refractivity contribution >= 4 is 5.97 Å². The number of epoxide rings is 1. The third-order valence-corrected chi connectivity index (χ3v) is 2.74. The second-order valence-corrected chi connectivity index (χ2v) is 4.43. The fourth-order valence-corrected chi connectivity index (χ4v) is 1.49. The number of aliphatic carboxylic acids is 1. The van der Waals surface area contributed by atoms with Gasteiger partial charge in [0.15, 0.2) is 0 Å². The van der Waals surface area contributed by atoms with Gasteiger partial charge in [0.25, 0.3) is 0 Å². The van der Waals surface area contributed by atoms with Gasteiger partial charge < -0.3 is 14.6 Å². The maximum atomic E-state index is 10.5. The molecule has 1 fully saturated rings. The summed E-state index contributed by atoms with van der Waals surface area (Å²) >= 11 is 0. The molecule has 1 saturated heterocycles. The fourth-order valence-electron chi connectivity index (χ4n) is 1.49. The minimum absolute atomic E-state index is 0.360. The van der Waals surface area contributed by atoms with E-state index >= 15 is 0 Å². The van der Waals surface area contributed by atoms with Gasteiger partial charge in [0.05, 0.1) is 13.2 Å². The Hall–Kier alpha value is -0.870. The van der Waals surface area contributed by atoms with Gasteiger partial charge in [0.1, 0.15) is 6.10 Å². The summed E-state index contributed by atoms with van der Waals surface area (Å²) in [7, 11) is 0. The third-order valence-electron chi connectivity index (χ3n) is 2.74. The van der Waals surface area contributed by atoms with E-state index in [2.05, 4.69) is 0 Å². The molecule has 1 N–H and O–H groups in total. The second kappa shape index (κ2) is 8.25. The van der Waals surface area contributed by atoms with Crippen LogP contribution < -0.4 is 0 Å². The number of hydrogen-bond acceptors (Lipinski definition) is 3. The molecule has 98 valence electrons. The zero-order chi connectivity index (χ0) is 12.5. The van der Waals surface area contributed by atoms with Crippen LogP contribution in [0.15, 0.2) is 11.6 Å². The lowest BCUT2D eigenvalue weighted by molar-refractivity contribution is -0.132. The van der Waals surface area contributed by atoms with Crippen molar-refractivity contribution in [2.24, 2.45) is 0 Å². The highest BCUT2D eigenvalue weighted by Crippen LogP contribution is 2.10. The highest BCUT2D eigenvalue weighted by molar-refractivity contribution is 5.85. The molecule has 0 aromatic carbocycles. The summed E-state index contributed by atoms with van der Waals surface area (Å²) in [5, 5.41) is 8.64. The lowest BCUT2D eigenvalue weighted by atomic mass is 10.1. The lowest BCUT2D eigenvalue weighted by Gasteiger charge is -2.01. The average Bonchev–Trinajstić information content (AvgIpc) is 3.10. The van der Waals surface area contributed by atoms with Gasteiger partial charge in [-0.05, 0) is 26.2 Å². The molecule has 0 spiro atoms. The smallest absolute Gasteiger partial charge is 0.330 e. The van der Waals surface area contributed by atoms with Gasteiger partial charge in [-0.25, -0.2) is 4.79 Å². The lowest BCUT2D eigenvalue weighted by Crippen LogP contribution is -2.02. The topological polar surface area (TPSA) is 59.1 Å². The minimum atomic E-state index is -0.819. The molecule has 4 nitrogen and oxygen atoms in total. The monoisotopic (exact) mass is 242 g/mol. The van der Waals surface area contributed by atoms with Crippen molar-refractivity contribution in [2.45, 2.75) is 45.1 Å². The SMILES string of the molecule is CC(=CCCCCCCOCC1CO1)C(=O)O. The largest absolute Gasteiger partial charge is 0.478 e. The first-order valence-corrected chi connectivity index (χ1v) is 6.29. The highest BCUT2D eigenvalue weighted by atomic mass is 16.6. The number of hydrogen-bond donors (Lipinski definition) is 1. The van der Waals surface area contributed by atoms with Gasteiger partial charge >= 0.3 is 5.97 Å². The number of unbranched alkanes of at least 4 members (excludes halogenated alkanes) is 4. The Morgan fingerprint density at radius 3 is 2.76 bits per heavy atom. The molecule has 0 amide bonds. The van der Waals surface area contributed by atoms with Gasteiger partial charge in [-0.2, -0.15) is 0 Å². The van der Waals surface area contributed by atoms with Crippen molar-refractivity contribution in [3.8, 4) is 0 Å². The van der Waals surface area contributed by atoms with E-state index in [4.69, 9.17) is 14.6 Å². The summed E-state index contributed by atoms with van der Waals surface area (Å²) < 4.78 is 10.4. The molecule has 1 rings (SSSR count). The number of rotatable bonds is 10. The normalized spacial score (nSPS) is 19.4. The van der Waals surface area contributed by atoms with Crippen molar-refractivity contribution in [1.29, 1.82) is 0 Å². The van der Waals surface area contributed by atoms with E-state index in [1.807, 2.05) is 0 Å². The molecule has 0 aliphatic carbocycles. The predicted molar refractivity (Wildman–Crippen MR) is 65.0 cm³/mol. The summed E-state index contributed by atoms with van der Waals surface area (Å²) in [6.45, 7) is 4.04. The minimum Gasteiger partial charge on any atom is -0.478 e. The standard InChI is InChI=1S/C13H22O4/c1-11(13(14)15)7-5-3-2-4-6-8-16-9-12-10-17-12/h7,12H,2-6,8-10H2,1H3,(H,14,15). The molecule has 1 heterocycles. The number of carboxylic acid groups (broad SMARTS) is 1. The zero-order valence-electron chi connectivity index (χ0n) is 10.5. The van der Waals surface area contributed by atoms with E-state index in [1.54, 1.807) is 13.0 Å². The molecule has 1 aliphatic heterocycles. The molecule has 0 aromatic heterocycles. The molecular weight excluding hydrogens is 220 g/mol. The van der Waals surface area contributed by atoms with E-state index in [-0.39, 0.29) is 0 Å². The summed E-state index contributed by atoms with van der Waals surface area (Å²) in [6, 6.07) is 0. The van der Waals surface area contributed by atoms with Gasteiger partial charge in [-0.1, -0.05) is 18.9 Å². The number of carbonyl (C=O) groups is 1. The Balaban J connectivity index is 1.80. The van der Waals surface area contributed by atoms with Crippen LogP contribution in [0.4, 0.5) is 0 Å². The molecule has 0 aromatic rings. The van der Waals surface area contributed by atoms with Crippen LogP contribution in [-0.2, 0) is 14.3 Å². The summed E-state index contributed by atoms with van der Waals surface area (Å²) in [5.41, 5.74) is 0.442. The summed E-state index contributed by atoms with van der Waals surface area (Å²) in [5.74, 6) is -0.819. The number of allylic oxidation sites excluding steroid dienone is 1. The third kappa shape index (κ3) is 7.94. The molecule has 1 aliphatic rings. The van der Waals surface area contributed by atoms with E-state index in [0.717, 1.165) is 51.9 Å². The number of ether oxygens (including phenoxy) is 2. The van der Waals surface area contributed by atoms with Crippen molar-refractivity contribution in [2.75, 3.05) is 19.8 Å². The highest BCUT2D eigenvalue weighted by Gasteiger charge is 2.21. The van der Waals surface area contributed by atoms with Crippen LogP contribution in [0.1, 0.15) is 39.0 Å². The molecule has 0 radical (unpaired) electrons. The molecule has 1 atom stereocenters. The van der Waals surface area contributed by atoms with E-state index < -0.39 is 5.97 Å². The van der Waals surface area contributed by atoms with Crippen molar-refractivity contribution < 1.29 is 19.4 Å². The van der Waals surface area contributed by atoms with Crippen molar-refractivity contribution in [1.82, 2.24) is 0 Å². The van der Waals surface area contributed by atoms with Gasteiger partial charge in [0.2, 0.25) is 0 Å². The van der Waals surface area contributed by atoms with Gasteiger partial charge in [-0.15, -0.1) is 0 Å². The molecular formula is C13H22O4. The van der Waals surface area contributed by atoms with Gasteiger partial charge in [-0.3, -0.25) is 0 Å². The van der Waals surface area contributed by atoms with Crippen molar-refractivity contribution in [3.05, 3.63) is 11.6 Å². The molecule has 0 saturated carbocycles. The van der Waals surface area contributed by atoms with E-state index in [9.17, 15) is 4.79 Å². The van der Waals surface area contributed by atoms with Crippen LogP contribution in [0.25, 0.3) is 0 Å². The van der Waals surface area contributed by atoms with E-state index in [0.29, 0.717) is 11.7 Å². The van der Waals surface area contributed by atoms with Crippen molar-refractivity contribution in [3.63, 3.8) is 0 Å². The number of carboxylic acids is 1. The predicted octanol–water partition coefficient (Wildman–Crippen LogP) is 2.38. The van der Waals surface area contributed by atoms with E-state index in [1.165, 1.54) is 0 Å². The summed E-state index contributed by atoms with van der Waals surface area (Å²) in [4.78, 5) is 10.5. The first-order chi connectivity index (χ1) is 8.20. The maximum Gasteiger partial charge on any atom is 0.330 e. The van der Waals surface area contributed by atoms with Gasteiger partial charge in [0, 0.05) is 12.2 Å².